The molecule has 0 aliphatic heterocycles. The summed E-state index contributed by atoms with van der Waals surface area (Å²) in [7, 11) is 0. The van der Waals surface area contributed by atoms with Crippen molar-refractivity contribution in [2.45, 2.75) is 20.4 Å². The van der Waals surface area contributed by atoms with E-state index in [4.69, 9.17) is 10.6 Å². The molecule has 3 N–H and O–H groups in total. The van der Waals surface area contributed by atoms with Crippen molar-refractivity contribution in [2.75, 3.05) is 19.7 Å². The number of hydrazine groups is 1. The molecule has 1 rings (SSSR count). The second-order valence-electron chi connectivity index (χ2n) is 4.07. The molecule has 106 valence electrons. The molecule has 0 atom stereocenters. The van der Waals surface area contributed by atoms with E-state index >= 15 is 0 Å². The first-order valence-corrected chi connectivity index (χ1v) is 7.03. The van der Waals surface area contributed by atoms with Crippen molar-refractivity contribution in [3.05, 3.63) is 28.2 Å². The first-order chi connectivity index (χ1) is 9.10. The van der Waals surface area contributed by atoms with Crippen LogP contribution >= 0.6 is 15.9 Å². The van der Waals surface area contributed by atoms with Crippen LogP contribution in [0.4, 0.5) is 0 Å². The second-order valence-corrected chi connectivity index (χ2v) is 4.99. The lowest BCUT2D eigenvalue weighted by Crippen LogP contribution is -2.34. The van der Waals surface area contributed by atoms with Gasteiger partial charge in [0.1, 0.15) is 5.75 Å². The lowest BCUT2D eigenvalue weighted by molar-refractivity contribution is -0.123. The van der Waals surface area contributed by atoms with Gasteiger partial charge in [-0.1, -0.05) is 29.8 Å². The van der Waals surface area contributed by atoms with Crippen LogP contribution in [0.15, 0.2) is 22.7 Å². The molecule has 1 amide bonds. The summed E-state index contributed by atoms with van der Waals surface area (Å²) in [6.07, 6.45) is 0. The number of nitrogens with zero attached hydrogens (tertiary/aromatic N) is 1. The van der Waals surface area contributed by atoms with Crippen molar-refractivity contribution in [1.29, 1.82) is 0 Å². The highest BCUT2D eigenvalue weighted by atomic mass is 79.9. The average molecular weight is 330 g/mol. The summed E-state index contributed by atoms with van der Waals surface area (Å²) in [5.74, 6) is 5.38. The van der Waals surface area contributed by atoms with Gasteiger partial charge in [0.2, 0.25) is 0 Å². The number of rotatable bonds is 7. The summed E-state index contributed by atoms with van der Waals surface area (Å²) in [6.45, 7) is 6.86. The molecule has 0 heterocycles. The van der Waals surface area contributed by atoms with Gasteiger partial charge in [0.05, 0.1) is 0 Å². The molecule has 1 aromatic carbocycles. The minimum absolute atomic E-state index is 0.0800. The number of nitrogens with two attached hydrogens (primary N) is 1. The Hall–Kier alpha value is -1.11. The predicted octanol–water partition coefficient (Wildman–Crippen LogP) is 1.66. The third-order valence-corrected chi connectivity index (χ3v) is 3.32. The van der Waals surface area contributed by atoms with Crippen molar-refractivity contribution < 1.29 is 9.53 Å². The number of amides is 1. The van der Waals surface area contributed by atoms with E-state index < -0.39 is 0 Å². The fraction of sp³-hybridized carbons (Fsp3) is 0.462. The standard InChI is InChI=1S/C13H20BrN3O2/c1-3-17(4-2)8-10-7-11(14)5-6-12(10)19-9-13(18)16-15/h5-7H,3-4,8-9,15H2,1-2H3,(H,16,18). The molecule has 0 aliphatic rings. The van der Waals surface area contributed by atoms with Crippen LogP contribution in [-0.2, 0) is 11.3 Å². The molecular formula is C13H20BrN3O2. The Kier molecular flexibility index (Phi) is 6.83. The Bertz CT molecular complexity index is 422. The maximum atomic E-state index is 11.1. The molecule has 19 heavy (non-hydrogen) atoms. The van der Waals surface area contributed by atoms with Crippen molar-refractivity contribution in [1.82, 2.24) is 10.3 Å². The minimum atomic E-state index is -0.350. The maximum absolute atomic E-state index is 11.1. The summed E-state index contributed by atoms with van der Waals surface area (Å²) in [5.41, 5.74) is 3.09. The molecule has 0 saturated heterocycles. The van der Waals surface area contributed by atoms with E-state index in [1.54, 1.807) is 0 Å². The van der Waals surface area contributed by atoms with E-state index in [9.17, 15) is 4.79 Å². The minimum Gasteiger partial charge on any atom is -0.483 e. The molecule has 0 unspecified atom stereocenters. The number of halogens is 1. The van der Waals surface area contributed by atoms with Gasteiger partial charge in [0.25, 0.3) is 5.91 Å². The van der Waals surface area contributed by atoms with Crippen LogP contribution in [0.1, 0.15) is 19.4 Å². The molecule has 0 fully saturated rings. The SMILES string of the molecule is CCN(CC)Cc1cc(Br)ccc1OCC(=O)NN. The van der Waals surface area contributed by atoms with E-state index in [2.05, 4.69) is 34.7 Å². The van der Waals surface area contributed by atoms with Gasteiger partial charge in [-0.15, -0.1) is 0 Å². The summed E-state index contributed by atoms with van der Waals surface area (Å²) in [4.78, 5) is 13.4. The van der Waals surface area contributed by atoms with Crippen molar-refractivity contribution in [3.8, 4) is 5.75 Å². The summed E-state index contributed by atoms with van der Waals surface area (Å²) in [6, 6.07) is 5.75. The molecule has 1 aromatic rings. The Labute approximate surface area is 122 Å². The summed E-state index contributed by atoms with van der Waals surface area (Å²) >= 11 is 3.45. The van der Waals surface area contributed by atoms with Gasteiger partial charge >= 0.3 is 0 Å². The first-order valence-electron chi connectivity index (χ1n) is 6.23. The van der Waals surface area contributed by atoms with Gasteiger partial charge in [0.15, 0.2) is 6.61 Å². The van der Waals surface area contributed by atoms with Crippen LogP contribution in [-0.4, -0.2) is 30.5 Å². The van der Waals surface area contributed by atoms with Crippen LogP contribution in [0.5, 0.6) is 5.75 Å². The zero-order valence-corrected chi connectivity index (χ0v) is 12.9. The van der Waals surface area contributed by atoms with E-state index in [1.165, 1.54) is 0 Å². The van der Waals surface area contributed by atoms with Gasteiger partial charge in [-0.05, 0) is 31.3 Å². The normalized spacial score (nSPS) is 10.6. The lowest BCUT2D eigenvalue weighted by Gasteiger charge is -2.20. The number of carbonyl (C=O) groups excluding carboxylic acids is 1. The molecule has 0 radical (unpaired) electrons. The van der Waals surface area contributed by atoms with Crippen molar-refractivity contribution >= 4 is 21.8 Å². The second kappa shape index (κ2) is 8.14. The molecule has 0 saturated carbocycles. The van der Waals surface area contributed by atoms with Gasteiger partial charge in [0, 0.05) is 16.6 Å². The zero-order chi connectivity index (χ0) is 14.3. The Morgan fingerprint density at radius 1 is 1.42 bits per heavy atom. The molecule has 0 spiro atoms. The molecule has 0 aliphatic carbocycles. The Morgan fingerprint density at radius 2 is 2.11 bits per heavy atom. The van der Waals surface area contributed by atoms with Gasteiger partial charge in [-0.3, -0.25) is 15.1 Å². The third-order valence-electron chi connectivity index (χ3n) is 2.83. The number of hydrogen-bond acceptors (Lipinski definition) is 4. The largest absolute Gasteiger partial charge is 0.483 e. The highest BCUT2D eigenvalue weighted by Gasteiger charge is 2.10. The van der Waals surface area contributed by atoms with Gasteiger partial charge in [-0.2, -0.15) is 0 Å². The zero-order valence-electron chi connectivity index (χ0n) is 11.3. The lowest BCUT2D eigenvalue weighted by atomic mass is 10.2. The maximum Gasteiger partial charge on any atom is 0.271 e. The number of hydrogen-bond donors (Lipinski definition) is 2. The molecule has 5 nitrogen and oxygen atoms in total. The highest BCUT2D eigenvalue weighted by Crippen LogP contribution is 2.24. The number of carbonyl (C=O) groups is 1. The van der Waals surface area contributed by atoms with Crippen molar-refractivity contribution in [3.63, 3.8) is 0 Å². The predicted molar refractivity (Wildman–Crippen MR) is 78.6 cm³/mol. The third kappa shape index (κ3) is 5.18. The smallest absolute Gasteiger partial charge is 0.271 e. The van der Waals surface area contributed by atoms with E-state index in [-0.39, 0.29) is 12.5 Å². The molecular weight excluding hydrogens is 310 g/mol. The fourth-order valence-corrected chi connectivity index (χ4v) is 2.09. The Morgan fingerprint density at radius 3 is 2.68 bits per heavy atom. The van der Waals surface area contributed by atoms with E-state index in [1.807, 2.05) is 23.6 Å². The monoisotopic (exact) mass is 329 g/mol. The van der Waals surface area contributed by atoms with E-state index in [0.29, 0.717) is 5.75 Å². The quantitative estimate of drug-likeness (QED) is 0.453. The molecule has 0 bridgehead atoms. The summed E-state index contributed by atoms with van der Waals surface area (Å²) in [5, 5.41) is 0. The topological polar surface area (TPSA) is 67.6 Å². The molecule has 0 aromatic heterocycles. The number of nitrogens with one attached hydrogen (secondary N) is 1. The van der Waals surface area contributed by atoms with Crippen LogP contribution < -0.4 is 16.0 Å². The first kappa shape index (κ1) is 15.9. The Balaban J connectivity index is 2.81. The fourth-order valence-electron chi connectivity index (χ4n) is 1.69. The van der Waals surface area contributed by atoms with E-state index in [0.717, 1.165) is 29.7 Å². The van der Waals surface area contributed by atoms with Crippen molar-refractivity contribution in [2.24, 2.45) is 5.84 Å². The van der Waals surface area contributed by atoms with Gasteiger partial charge < -0.3 is 4.74 Å². The molecule has 6 heteroatoms. The number of benzene rings is 1. The number of ether oxygens (including phenoxy) is 1. The average Bonchev–Trinajstić information content (AvgIpc) is 2.43. The summed E-state index contributed by atoms with van der Waals surface area (Å²) < 4.78 is 6.49. The van der Waals surface area contributed by atoms with Gasteiger partial charge in [-0.25, -0.2) is 5.84 Å². The highest BCUT2D eigenvalue weighted by molar-refractivity contribution is 9.10. The van der Waals surface area contributed by atoms with Crippen LogP contribution in [0.2, 0.25) is 0 Å². The van der Waals surface area contributed by atoms with Crippen LogP contribution in [0, 0.1) is 0 Å². The van der Waals surface area contributed by atoms with Crippen LogP contribution in [0.3, 0.4) is 0 Å². The van der Waals surface area contributed by atoms with Crippen LogP contribution in [0.25, 0.3) is 0 Å².